The first-order chi connectivity index (χ1) is 8.20. The molecular weight excluding hydrogens is 212 g/mol. The Labute approximate surface area is 101 Å². The van der Waals surface area contributed by atoms with Gasteiger partial charge in [-0.3, -0.25) is 0 Å². The van der Waals surface area contributed by atoms with Gasteiger partial charge in [0.05, 0.1) is 0 Å². The van der Waals surface area contributed by atoms with Gasteiger partial charge in [-0.15, -0.1) is 0 Å². The molecule has 0 saturated carbocycles. The van der Waals surface area contributed by atoms with Crippen LogP contribution in [0, 0.1) is 0 Å². The molecule has 4 heteroatoms. The zero-order chi connectivity index (χ0) is 12.3. The van der Waals surface area contributed by atoms with Gasteiger partial charge >= 0.3 is 0 Å². The van der Waals surface area contributed by atoms with Crippen LogP contribution in [0.5, 0.6) is 0 Å². The smallest absolute Gasteiger partial charge is 0.229 e. The summed E-state index contributed by atoms with van der Waals surface area (Å²) in [4.78, 5) is 10.6. The third kappa shape index (κ3) is 2.53. The average Bonchev–Trinajstić information content (AvgIpc) is 2.39. The highest BCUT2D eigenvalue weighted by Gasteiger charge is 2.06. The van der Waals surface area contributed by atoms with E-state index in [0.29, 0.717) is 5.95 Å². The molecule has 4 nitrogen and oxygen atoms in total. The molecule has 0 atom stereocenters. The van der Waals surface area contributed by atoms with Crippen LogP contribution in [-0.4, -0.2) is 17.0 Å². The van der Waals surface area contributed by atoms with Gasteiger partial charge in [0.15, 0.2) is 0 Å². The monoisotopic (exact) mass is 228 g/mol. The van der Waals surface area contributed by atoms with Crippen molar-refractivity contribution in [3.8, 4) is 0 Å². The third-order valence-electron chi connectivity index (χ3n) is 2.68. The van der Waals surface area contributed by atoms with E-state index in [1.807, 2.05) is 48.6 Å². The maximum atomic E-state index is 5.65. The van der Waals surface area contributed by atoms with Crippen LogP contribution in [0.3, 0.4) is 0 Å². The SMILES string of the molecule is CCc1cnc(N(C)c2ccc(N)cc2)nc1. The van der Waals surface area contributed by atoms with Gasteiger partial charge in [-0.1, -0.05) is 6.92 Å². The summed E-state index contributed by atoms with van der Waals surface area (Å²) in [6.07, 6.45) is 4.66. The third-order valence-corrected chi connectivity index (χ3v) is 2.68. The number of benzene rings is 1. The summed E-state index contributed by atoms with van der Waals surface area (Å²) in [6.45, 7) is 2.09. The van der Waals surface area contributed by atoms with Crippen molar-refractivity contribution >= 4 is 17.3 Å². The van der Waals surface area contributed by atoms with Crippen molar-refractivity contribution in [1.29, 1.82) is 0 Å². The second-order valence-corrected chi connectivity index (χ2v) is 3.90. The van der Waals surface area contributed by atoms with E-state index >= 15 is 0 Å². The number of anilines is 3. The second-order valence-electron chi connectivity index (χ2n) is 3.90. The lowest BCUT2D eigenvalue weighted by molar-refractivity contribution is 0.996. The van der Waals surface area contributed by atoms with Crippen LogP contribution < -0.4 is 10.6 Å². The molecule has 17 heavy (non-hydrogen) atoms. The highest BCUT2D eigenvalue weighted by molar-refractivity contribution is 5.59. The Bertz CT molecular complexity index is 476. The summed E-state index contributed by atoms with van der Waals surface area (Å²) < 4.78 is 0. The minimum Gasteiger partial charge on any atom is -0.399 e. The van der Waals surface area contributed by atoms with E-state index in [1.165, 1.54) is 0 Å². The molecule has 0 bridgehead atoms. The summed E-state index contributed by atoms with van der Waals surface area (Å²) in [6, 6.07) is 7.64. The number of nitrogens with zero attached hydrogens (tertiary/aromatic N) is 3. The highest BCUT2D eigenvalue weighted by Crippen LogP contribution is 2.20. The highest BCUT2D eigenvalue weighted by atomic mass is 15.2. The van der Waals surface area contributed by atoms with Crippen LogP contribution in [0.4, 0.5) is 17.3 Å². The van der Waals surface area contributed by atoms with E-state index < -0.39 is 0 Å². The predicted octanol–water partition coefficient (Wildman–Crippen LogP) is 2.39. The van der Waals surface area contributed by atoms with E-state index in [-0.39, 0.29) is 0 Å². The van der Waals surface area contributed by atoms with Crippen LogP contribution in [-0.2, 0) is 6.42 Å². The Morgan fingerprint density at radius 2 is 1.71 bits per heavy atom. The van der Waals surface area contributed by atoms with Crippen LogP contribution in [0.2, 0.25) is 0 Å². The van der Waals surface area contributed by atoms with E-state index in [4.69, 9.17) is 5.73 Å². The van der Waals surface area contributed by atoms with Gasteiger partial charge in [0.25, 0.3) is 0 Å². The molecule has 2 rings (SSSR count). The molecule has 0 spiro atoms. The standard InChI is InChI=1S/C13H16N4/c1-3-10-8-15-13(16-9-10)17(2)12-6-4-11(14)5-7-12/h4-9H,3,14H2,1-2H3. The van der Waals surface area contributed by atoms with Gasteiger partial charge in [-0.05, 0) is 36.2 Å². The number of nitrogen functional groups attached to an aromatic ring is 1. The summed E-state index contributed by atoms with van der Waals surface area (Å²) in [5.74, 6) is 0.687. The minimum atomic E-state index is 0.687. The molecule has 1 heterocycles. The number of hydrogen-bond acceptors (Lipinski definition) is 4. The number of nitrogens with two attached hydrogens (primary N) is 1. The van der Waals surface area contributed by atoms with Gasteiger partial charge in [0, 0.05) is 30.8 Å². The van der Waals surface area contributed by atoms with E-state index in [9.17, 15) is 0 Å². The molecule has 0 aliphatic rings. The Morgan fingerprint density at radius 1 is 1.12 bits per heavy atom. The fourth-order valence-corrected chi connectivity index (χ4v) is 1.52. The Morgan fingerprint density at radius 3 is 2.24 bits per heavy atom. The van der Waals surface area contributed by atoms with Gasteiger partial charge in [-0.2, -0.15) is 0 Å². The Hall–Kier alpha value is -2.10. The summed E-state index contributed by atoms with van der Waals surface area (Å²) in [5.41, 5.74) is 8.56. The first-order valence-corrected chi connectivity index (χ1v) is 5.61. The van der Waals surface area contributed by atoms with Crippen molar-refractivity contribution in [3.63, 3.8) is 0 Å². The van der Waals surface area contributed by atoms with Crippen molar-refractivity contribution in [2.45, 2.75) is 13.3 Å². The van der Waals surface area contributed by atoms with Crippen molar-refractivity contribution in [1.82, 2.24) is 9.97 Å². The van der Waals surface area contributed by atoms with Gasteiger partial charge in [0.1, 0.15) is 0 Å². The van der Waals surface area contributed by atoms with Crippen molar-refractivity contribution in [3.05, 3.63) is 42.2 Å². The molecule has 0 aliphatic carbocycles. The molecule has 1 aromatic carbocycles. The summed E-state index contributed by atoms with van der Waals surface area (Å²) in [7, 11) is 1.94. The molecule has 0 unspecified atom stereocenters. The van der Waals surface area contributed by atoms with E-state index in [2.05, 4.69) is 16.9 Å². The van der Waals surface area contributed by atoms with Crippen LogP contribution in [0.25, 0.3) is 0 Å². The molecule has 0 aliphatic heterocycles. The van der Waals surface area contributed by atoms with E-state index in [0.717, 1.165) is 23.4 Å². The molecule has 1 aromatic heterocycles. The second kappa shape index (κ2) is 4.82. The molecular formula is C13H16N4. The topological polar surface area (TPSA) is 55.0 Å². The molecule has 0 radical (unpaired) electrons. The zero-order valence-electron chi connectivity index (χ0n) is 10.1. The molecule has 2 N–H and O–H groups in total. The fraction of sp³-hybridized carbons (Fsp3) is 0.231. The van der Waals surface area contributed by atoms with Gasteiger partial charge < -0.3 is 10.6 Å². The van der Waals surface area contributed by atoms with Crippen molar-refractivity contribution in [2.24, 2.45) is 0 Å². The zero-order valence-corrected chi connectivity index (χ0v) is 10.1. The lowest BCUT2D eigenvalue weighted by Gasteiger charge is -2.17. The molecule has 88 valence electrons. The Kier molecular flexibility index (Phi) is 3.23. The average molecular weight is 228 g/mol. The summed E-state index contributed by atoms with van der Waals surface area (Å²) >= 11 is 0. The molecule has 0 fully saturated rings. The lowest BCUT2D eigenvalue weighted by Crippen LogP contribution is -2.13. The van der Waals surface area contributed by atoms with Crippen molar-refractivity contribution in [2.75, 3.05) is 17.7 Å². The molecule has 0 saturated heterocycles. The number of hydrogen-bond donors (Lipinski definition) is 1. The quantitative estimate of drug-likeness (QED) is 0.819. The van der Waals surface area contributed by atoms with Gasteiger partial charge in [0.2, 0.25) is 5.95 Å². The van der Waals surface area contributed by atoms with Crippen molar-refractivity contribution < 1.29 is 0 Å². The van der Waals surface area contributed by atoms with Gasteiger partial charge in [-0.25, -0.2) is 9.97 Å². The molecule has 0 amide bonds. The maximum Gasteiger partial charge on any atom is 0.229 e. The lowest BCUT2D eigenvalue weighted by atomic mass is 10.2. The largest absolute Gasteiger partial charge is 0.399 e. The fourth-order valence-electron chi connectivity index (χ4n) is 1.52. The summed E-state index contributed by atoms with van der Waals surface area (Å²) in [5, 5.41) is 0. The molecule has 2 aromatic rings. The minimum absolute atomic E-state index is 0.687. The van der Waals surface area contributed by atoms with Crippen LogP contribution >= 0.6 is 0 Å². The number of aryl methyl sites for hydroxylation is 1. The number of rotatable bonds is 3. The van der Waals surface area contributed by atoms with Crippen LogP contribution in [0.15, 0.2) is 36.7 Å². The van der Waals surface area contributed by atoms with Crippen LogP contribution in [0.1, 0.15) is 12.5 Å². The normalized spacial score (nSPS) is 10.2. The maximum absolute atomic E-state index is 5.65. The number of aromatic nitrogens is 2. The van der Waals surface area contributed by atoms with E-state index in [1.54, 1.807) is 0 Å². The predicted molar refractivity (Wildman–Crippen MR) is 70.3 cm³/mol. The Balaban J connectivity index is 2.23. The first-order valence-electron chi connectivity index (χ1n) is 5.61. The first kappa shape index (κ1) is 11.4.